The molecule has 0 aliphatic heterocycles. The van der Waals surface area contributed by atoms with Crippen molar-refractivity contribution < 1.29 is 13.2 Å². The first-order valence-electron chi connectivity index (χ1n) is 10.3. The van der Waals surface area contributed by atoms with E-state index in [9.17, 15) is 13.2 Å². The van der Waals surface area contributed by atoms with Crippen LogP contribution in [0.3, 0.4) is 0 Å². The molecule has 0 fully saturated rings. The Hall–Kier alpha value is -3.12. The predicted octanol–water partition coefficient (Wildman–Crippen LogP) is 4.57. The topological polar surface area (TPSA) is 66.5 Å². The molecule has 0 unspecified atom stereocenters. The molecule has 0 heterocycles. The monoisotopic (exact) mass is 436 g/mol. The summed E-state index contributed by atoms with van der Waals surface area (Å²) in [4.78, 5) is 12.8. The van der Waals surface area contributed by atoms with Gasteiger partial charge in [0.25, 0.3) is 15.9 Å². The summed E-state index contributed by atoms with van der Waals surface area (Å²) >= 11 is 0. The second-order valence-corrected chi connectivity index (χ2v) is 9.71. The summed E-state index contributed by atoms with van der Waals surface area (Å²) in [5.74, 6) is -0.282. The Morgan fingerprint density at radius 1 is 0.968 bits per heavy atom. The molecule has 0 spiro atoms. The molecule has 0 aromatic heterocycles. The fourth-order valence-corrected chi connectivity index (χ4v) is 4.56. The molecule has 6 heteroatoms. The van der Waals surface area contributed by atoms with E-state index in [0.717, 1.165) is 18.4 Å². The van der Waals surface area contributed by atoms with Gasteiger partial charge >= 0.3 is 0 Å². The highest BCUT2D eigenvalue weighted by atomic mass is 32.2. The maximum atomic E-state index is 13.1. The minimum absolute atomic E-state index is 0.0389. The van der Waals surface area contributed by atoms with Gasteiger partial charge in [-0.2, -0.15) is 0 Å². The zero-order valence-electron chi connectivity index (χ0n) is 18.1. The van der Waals surface area contributed by atoms with Crippen molar-refractivity contribution in [3.8, 4) is 0 Å². The molecule has 0 radical (unpaired) electrons. The molecule has 0 bridgehead atoms. The summed E-state index contributed by atoms with van der Waals surface area (Å²) in [6.07, 6.45) is 1.65. The number of hydrogen-bond donors (Lipinski definition) is 1. The third kappa shape index (κ3) is 5.73. The molecule has 1 atom stereocenters. The quantitative estimate of drug-likeness (QED) is 0.562. The molecule has 1 N–H and O–H groups in total. The van der Waals surface area contributed by atoms with Crippen LogP contribution >= 0.6 is 0 Å². The van der Waals surface area contributed by atoms with Crippen molar-refractivity contribution in [3.63, 3.8) is 0 Å². The van der Waals surface area contributed by atoms with Crippen LogP contribution in [0.1, 0.15) is 34.8 Å². The van der Waals surface area contributed by atoms with Gasteiger partial charge in [0.1, 0.15) is 0 Å². The highest BCUT2D eigenvalue weighted by Gasteiger charge is 2.23. The zero-order valence-corrected chi connectivity index (χ0v) is 18.9. The maximum Gasteiger partial charge on any atom is 0.264 e. The minimum atomic E-state index is -3.79. The molecule has 3 aromatic carbocycles. The molecular formula is C25H28N2O3S. The lowest BCUT2D eigenvalue weighted by Crippen LogP contribution is -2.33. The minimum Gasteiger partial charge on any atom is -0.350 e. The summed E-state index contributed by atoms with van der Waals surface area (Å²) < 4.78 is 27.4. The van der Waals surface area contributed by atoms with Crippen LogP contribution in [0.5, 0.6) is 0 Å². The van der Waals surface area contributed by atoms with E-state index in [-0.39, 0.29) is 16.8 Å². The second kappa shape index (κ2) is 9.79. The van der Waals surface area contributed by atoms with E-state index in [2.05, 4.69) is 17.4 Å². The van der Waals surface area contributed by atoms with E-state index in [0.29, 0.717) is 11.3 Å². The number of rotatable bonds is 8. The highest BCUT2D eigenvalue weighted by molar-refractivity contribution is 7.92. The molecule has 31 heavy (non-hydrogen) atoms. The molecule has 5 nitrogen and oxygen atoms in total. The van der Waals surface area contributed by atoms with Gasteiger partial charge in [0.2, 0.25) is 0 Å². The Bertz CT molecular complexity index is 1140. The van der Waals surface area contributed by atoms with E-state index < -0.39 is 10.0 Å². The van der Waals surface area contributed by atoms with Crippen LogP contribution in [-0.4, -0.2) is 27.4 Å². The van der Waals surface area contributed by atoms with Gasteiger partial charge in [0.15, 0.2) is 0 Å². The first-order valence-corrected chi connectivity index (χ1v) is 11.7. The third-order valence-corrected chi connectivity index (χ3v) is 6.99. The number of carbonyl (C=O) groups is 1. The van der Waals surface area contributed by atoms with Crippen molar-refractivity contribution in [2.45, 2.75) is 37.6 Å². The summed E-state index contributed by atoms with van der Waals surface area (Å²) in [5.41, 5.74) is 3.09. The van der Waals surface area contributed by atoms with Crippen LogP contribution < -0.4 is 9.62 Å². The van der Waals surface area contributed by atoms with Crippen molar-refractivity contribution in [1.82, 2.24) is 5.32 Å². The molecule has 162 valence electrons. The van der Waals surface area contributed by atoms with Crippen molar-refractivity contribution in [2.75, 3.05) is 11.4 Å². The van der Waals surface area contributed by atoms with Crippen LogP contribution in [0.25, 0.3) is 0 Å². The first-order chi connectivity index (χ1) is 14.8. The van der Waals surface area contributed by atoms with Gasteiger partial charge in [-0.15, -0.1) is 0 Å². The standard InChI is InChI=1S/C25H28N2O3S/c1-19-9-7-13-23(17-19)27(3)31(29,30)24-14-8-12-22(18-24)25(28)26-20(2)15-16-21-10-5-4-6-11-21/h4-14,17-18,20H,15-16H2,1-3H3,(H,26,28)/t20-/m0/s1. The predicted molar refractivity (Wildman–Crippen MR) is 125 cm³/mol. The number of anilines is 1. The van der Waals surface area contributed by atoms with E-state index in [4.69, 9.17) is 0 Å². The fourth-order valence-electron chi connectivity index (χ4n) is 3.33. The lowest BCUT2D eigenvalue weighted by atomic mass is 10.1. The Morgan fingerprint density at radius 3 is 2.39 bits per heavy atom. The average molecular weight is 437 g/mol. The number of aryl methyl sites for hydroxylation is 2. The van der Waals surface area contributed by atoms with Crippen LogP contribution in [0.15, 0.2) is 83.8 Å². The number of sulfonamides is 1. The van der Waals surface area contributed by atoms with Gasteiger partial charge in [-0.25, -0.2) is 8.42 Å². The van der Waals surface area contributed by atoms with Crippen molar-refractivity contribution in [1.29, 1.82) is 0 Å². The van der Waals surface area contributed by atoms with Gasteiger partial charge in [-0.1, -0.05) is 48.5 Å². The van der Waals surface area contributed by atoms with Crippen molar-refractivity contribution in [2.24, 2.45) is 0 Å². The largest absolute Gasteiger partial charge is 0.350 e. The number of amides is 1. The summed E-state index contributed by atoms with van der Waals surface area (Å²) in [7, 11) is -2.27. The second-order valence-electron chi connectivity index (χ2n) is 7.74. The summed E-state index contributed by atoms with van der Waals surface area (Å²) in [6.45, 7) is 3.86. The van der Waals surface area contributed by atoms with Crippen LogP contribution in [-0.2, 0) is 16.4 Å². The lowest BCUT2D eigenvalue weighted by molar-refractivity contribution is 0.0938. The molecule has 0 saturated heterocycles. The van der Waals surface area contributed by atoms with E-state index in [1.807, 2.05) is 50.2 Å². The molecule has 0 saturated carbocycles. The number of nitrogens with one attached hydrogen (secondary N) is 1. The van der Waals surface area contributed by atoms with Crippen LogP contribution in [0, 0.1) is 6.92 Å². The Kier molecular flexibility index (Phi) is 7.13. The molecule has 3 aromatic rings. The molecular weight excluding hydrogens is 408 g/mol. The third-order valence-electron chi connectivity index (χ3n) is 5.21. The number of carbonyl (C=O) groups excluding carboxylic acids is 1. The Labute approximate surface area is 184 Å². The normalized spacial score (nSPS) is 12.2. The highest BCUT2D eigenvalue weighted by Crippen LogP contribution is 2.23. The van der Waals surface area contributed by atoms with E-state index in [1.54, 1.807) is 18.2 Å². The van der Waals surface area contributed by atoms with Crippen molar-refractivity contribution in [3.05, 3.63) is 95.6 Å². The van der Waals surface area contributed by atoms with Crippen molar-refractivity contribution >= 4 is 21.6 Å². The SMILES string of the molecule is Cc1cccc(N(C)S(=O)(=O)c2cccc(C(=O)N[C@@H](C)CCc3ccccc3)c2)c1. The lowest BCUT2D eigenvalue weighted by Gasteiger charge is -2.20. The average Bonchev–Trinajstić information content (AvgIpc) is 2.78. The van der Waals surface area contributed by atoms with Gasteiger partial charge in [-0.05, 0) is 68.1 Å². The molecule has 3 rings (SSSR count). The van der Waals surface area contributed by atoms with Gasteiger partial charge in [-0.3, -0.25) is 9.10 Å². The molecule has 0 aliphatic carbocycles. The summed E-state index contributed by atoms with van der Waals surface area (Å²) in [5, 5.41) is 2.97. The Balaban J connectivity index is 1.70. The van der Waals surface area contributed by atoms with Gasteiger partial charge in [0, 0.05) is 18.7 Å². The molecule has 0 aliphatic rings. The maximum absolute atomic E-state index is 13.1. The number of nitrogens with zero attached hydrogens (tertiary/aromatic N) is 1. The van der Waals surface area contributed by atoms with Gasteiger partial charge < -0.3 is 5.32 Å². The van der Waals surface area contributed by atoms with E-state index in [1.165, 1.54) is 29.0 Å². The van der Waals surface area contributed by atoms with Crippen LogP contribution in [0.2, 0.25) is 0 Å². The number of benzene rings is 3. The van der Waals surface area contributed by atoms with Crippen LogP contribution in [0.4, 0.5) is 5.69 Å². The van der Waals surface area contributed by atoms with Gasteiger partial charge in [0.05, 0.1) is 10.6 Å². The first kappa shape index (κ1) is 22.6. The smallest absolute Gasteiger partial charge is 0.264 e. The summed E-state index contributed by atoms with van der Waals surface area (Å²) in [6, 6.07) is 23.5. The zero-order chi connectivity index (χ0) is 22.4. The fraction of sp³-hybridized carbons (Fsp3) is 0.240. The molecule has 1 amide bonds. The number of hydrogen-bond acceptors (Lipinski definition) is 3. The Morgan fingerprint density at radius 2 is 1.68 bits per heavy atom. The van der Waals surface area contributed by atoms with E-state index >= 15 is 0 Å².